The average Bonchev–Trinajstić information content (AvgIpc) is 2.55. The Bertz CT molecular complexity index is 494. The Morgan fingerprint density at radius 1 is 1.29 bits per heavy atom. The highest BCUT2D eigenvalue weighted by molar-refractivity contribution is 6.21. The lowest BCUT2D eigenvalue weighted by molar-refractivity contribution is 0.0693. The van der Waals surface area contributed by atoms with Gasteiger partial charge in [0.25, 0.3) is 11.8 Å². The van der Waals surface area contributed by atoms with Crippen molar-refractivity contribution in [3.63, 3.8) is 0 Å². The number of carbonyl (C=O) groups is 2. The van der Waals surface area contributed by atoms with Crippen molar-refractivity contribution in [3.8, 4) is 0 Å². The fraction of sp³-hybridized carbons (Fsp3) is 0.231. The van der Waals surface area contributed by atoms with Crippen LogP contribution in [-0.4, -0.2) is 30.3 Å². The van der Waals surface area contributed by atoms with Gasteiger partial charge in [0.1, 0.15) is 0 Å². The van der Waals surface area contributed by atoms with E-state index in [1.165, 1.54) is 7.05 Å². The fourth-order valence-corrected chi connectivity index (χ4v) is 1.79. The van der Waals surface area contributed by atoms with E-state index < -0.39 is 0 Å². The van der Waals surface area contributed by atoms with Gasteiger partial charge >= 0.3 is 0 Å². The lowest BCUT2D eigenvalue weighted by atomic mass is 10.1. The molecule has 1 aliphatic rings. The summed E-state index contributed by atoms with van der Waals surface area (Å²) in [7, 11) is 1.50. The molecule has 0 saturated heterocycles. The first-order chi connectivity index (χ1) is 8.15. The summed E-state index contributed by atoms with van der Waals surface area (Å²) in [5.41, 5.74) is 1.80. The minimum Gasteiger partial charge on any atom is -0.385 e. The molecule has 0 aromatic heterocycles. The van der Waals surface area contributed by atoms with E-state index in [0.29, 0.717) is 11.1 Å². The van der Waals surface area contributed by atoms with Crippen LogP contribution in [0.2, 0.25) is 0 Å². The Morgan fingerprint density at radius 3 is 2.71 bits per heavy atom. The summed E-state index contributed by atoms with van der Waals surface area (Å²) in [4.78, 5) is 24.5. The number of imide groups is 1. The van der Waals surface area contributed by atoms with E-state index >= 15 is 0 Å². The molecule has 0 spiro atoms. The van der Waals surface area contributed by atoms with Crippen LogP contribution in [0.25, 0.3) is 0 Å². The number of nitrogens with zero attached hydrogens (tertiary/aromatic N) is 1. The van der Waals surface area contributed by atoms with E-state index in [1.54, 1.807) is 12.1 Å². The lowest BCUT2D eigenvalue weighted by Gasteiger charge is -2.05. The second-order valence-electron chi connectivity index (χ2n) is 3.93. The molecule has 88 valence electrons. The van der Waals surface area contributed by atoms with Gasteiger partial charge in [-0.25, -0.2) is 0 Å². The van der Waals surface area contributed by atoms with Gasteiger partial charge in [0.2, 0.25) is 0 Å². The molecule has 0 bridgehead atoms. The third-order valence-corrected chi connectivity index (χ3v) is 2.77. The molecule has 1 aromatic rings. The molecule has 1 heterocycles. The maximum atomic E-state index is 11.8. The van der Waals surface area contributed by atoms with Gasteiger partial charge in [-0.2, -0.15) is 0 Å². The zero-order valence-electron chi connectivity index (χ0n) is 9.69. The number of hydrogen-bond donors (Lipinski definition) is 1. The van der Waals surface area contributed by atoms with Crippen molar-refractivity contribution in [2.24, 2.45) is 0 Å². The summed E-state index contributed by atoms with van der Waals surface area (Å²) in [5, 5.41) is 3.17. The zero-order valence-corrected chi connectivity index (χ0v) is 9.69. The molecular formula is C13H14N2O2. The van der Waals surface area contributed by atoms with Gasteiger partial charge in [-0.15, -0.1) is 6.58 Å². The lowest BCUT2D eigenvalue weighted by Crippen LogP contribution is -2.24. The SMILES string of the molecule is C=CCCNc1ccc2c(c1)C(=O)N(C)C2=O. The van der Waals surface area contributed by atoms with E-state index in [-0.39, 0.29) is 11.8 Å². The highest BCUT2D eigenvalue weighted by atomic mass is 16.2. The van der Waals surface area contributed by atoms with Gasteiger partial charge in [0.05, 0.1) is 11.1 Å². The van der Waals surface area contributed by atoms with Gasteiger partial charge in [-0.3, -0.25) is 14.5 Å². The first-order valence-electron chi connectivity index (χ1n) is 5.46. The molecule has 4 nitrogen and oxygen atoms in total. The van der Waals surface area contributed by atoms with Gasteiger partial charge in [-0.1, -0.05) is 6.08 Å². The van der Waals surface area contributed by atoms with Crippen molar-refractivity contribution in [2.45, 2.75) is 6.42 Å². The van der Waals surface area contributed by atoms with Crippen LogP contribution in [0.5, 0.6) is 0 Å². The number of rotatable bonds is 4. The topological polar surface area (TPSA) is 49.4 Å². The largest absolute Gasteiger partial charge is 0.385 e. The van der Waals surface area contributed by atoms with Gasteiger partial charge < -0.3 is 5.32 Å². The molecule has 2 amide bonds. The Labute approximate surface area is 99.9 Å². The van der Waals surface area contributed by atoms with E-state index in [4.69, 9.17) is 0 Å². The predicted octanol–water partition coefficient (Wildman–Crippen LogP) is 1.90. The minimum absolute atomic E-state index is 0.234. The number of amides is 2. The fourth-order valence-electron chi connectivity index (χ4n) is 1.79. The summed E-state index contributed by atoms with van der Waals surface area (Å²) >= 11 is 0. The molecule has 0 radical (unpaired) electrons. The predicted molar refractivity (Wildman–Crippen MR) is 66.2 cm³/mol. The number of nitrogens with one attached hydrogen (secondary N) is 1. The summed E-state index contributed by atoms with van der Waals surface area (Å²) in [6.07, 6.45) is 2.67. The third-order valence-electron chi connectivity index (χ3n) is 2.77. The number of carbonyl (C=O) groups excluding carboxylic acids is 2. The maximum absolute atomic E-state index is 11.8. The molecule has 4 heteroatoms. The normalized spacial score (nSPS) is 13.8. The Hall–Kier alpha value is -2.10. The second kappa shape index (κ2) is 4.41. The first kappa shape index (κ1) is 11.4. The molecule has 0 fully saturated rings. The summed E-state index contributed by atoms with van der Waals surface area (Å²) in [5.74, 6) is -0.472. The minimum atomic E-state index is -0.239. The van der Waals surface area contributed by atoms with Gasteiger partial charge in [0.15, 0.2) is 0 Å². The van der Waals surface area contributed by atoms with E-state index in [1.807, 2.05) is 12.1 Å². The summed E-state index contributed by atoms with van der Waals surface area (Å²) < 4.78 is 0. The molecule has 0 unspecified atom stereocenters. The molecule has 1 aliphatic heterocycles. The van der Waals surface area contributed by atoms with E-state index in [2.05, 4.69) is 11.9 Å². The van der Waals surface area contributed by atoms with Gasteiger partial charge in [0, 0.05) is 19.3 Å². The summed E-state index contributed by atoms with van der Waals surface area (Å²) in [6, 6.07) is 5.23. The average molecular weight is 230 g/mol. The number of anilines is 1. The van der Waals surface area contributed by atoms with Gasteiger partial charge in [-0.05, 0) is 24.6 Å². The third kappa shape index (κ3) is 1.93. The van der Waals surface area contributed by atoms with Crippen LogP contribution in [0.3, 0.4) is 0 Å². The van der Waals surface area contributed by atoms with Crippen LogP contribution in [-0.2, 0) is 0 Å². The van der Waals surface area contributed by atoms with Crippen LogP contribution in [0.4, 0.5) is 5.69 Å². The highest BCUT2D eigenvalue weighted by Crippen LogP contribution is 2.24. The standard InChI is InChI=1S/C13H14N2O2/c1-3-4-7-14-9-5-6-10-11(8-9)13(17)15(2)12(10)16/h3,5-6,8,14H,1,4,7H2,2H3. The van der Waals surface area contributed by atoms with Crippen LogP contribution >= 0.6 is 0 Å². The Kier molecular flexibility index (Phi) is 2.95. The van der Waals surface area contributed by atoms with Crippen molar-refractivity contribution >= 4 is 17.5 Å². The molecule has 1 aromatic carbocycles. The summed E-state index contributed by atoms with van der Waals surface area (Å²) in [6.45, 7) is 4.40. The van der Waals surface area contributed by atoms with Crippen molar-refractivity contribution in [1.82, 2.24) is 4.90 Å². The van der Waals surface area contributed by atoms with Crippen molar-refractivity contribution in [1.29, 1.82) is 0 Å². The Balaban J connectivity index is 2.24. The Morgan fingerprint density at radius 2 is 2.00 bits per heavy atom. The van der Waals surface area contributed by atoms with Crippen molar-refractivity contribution in [3.05, 3.63) is 42.0 Å². The maximum Gasteiger partial charge on any atom is 0.261 e. The molecule has 17 heavy (non-hydrogen) atoms. The quantitative estimate of drug-likeness (QED) is 0.488. The zero-order chi connectivity index (χ0) is 12.4. The van der Waals surface area contributed by atoms with Crippen LogP contribution < -0.4 is 5.32 Å². The molecule has 2 rings (SSSR count). The molecular weight excluding hydrogens is 216 g/mol. The molecule has 0 aliphatic carbocycles. The van der Waals surface area contributed by atoms with Crippen molar-refractivity contribution < 1.29 is 9.59 Å². The van der Waals surface area contributed by atoms with E-state index in [0.717, 1.165) is 23.6 Å². The van der Waals surface area contributed by atoms with Crippen LogP contribution in [0.15, 0.2) is 30.9 Å². The van der Waals surface area contributed by atoms with Crippen molar-refractivity contribution in [2.75, 3.05) is 18.9 Å². The van der Waals surface area contributed by atoms with Crippen LogP contribution in [0, 0.1) is 0 Å². The first-order valence-corrected chi connectivity index (χ1v) is 5.46. The number of fused-ring (bicyclic) bond motifs is 1. The monoisotopic (exact) mass is 230 g/mol. The second-order valence-corrected chi connectivity index (χ2v) is 3.93. The molecule has 1 N–H and O–H groups in total. The smallest absolute Gasteiger partial charge is 0.261 e. The highest BCUT2D eigenvalue weighted by Gasteiger charge is 2.32. The molecule has 0 atom stereocenters. The number of hydrogen-bond acceptors (Lipinski definition) is 3. The van der Waals surface area contributed by atoms with E-state index in [9.17, 15) is 9.59 Å². The van der Waals surface area contributed by atoms with Crippen LogP contribution in [0.1, 0.15) is 27.1 Å². The number of benzene rings is 1. The molecule has 0 saturated carbocycles.